The Balaban J connectivity index is 2.28. The van der Waals surface area contributed by atoms with Crippen LogP contribution in [0, 0.1) is 6.92 Å². The molecule has 0 aliphatic heterocycles. The van der Waals surface area contributed by atoms with Crippen LogP contribution >= 0.6 is 0 Å². The molecule has 1 unspecified atom stereocenters. The van der Waals surface area contributed by atoms with Gasteiger partial charge in [0.15, 0.2) is 0 Å². The number of amides is 1. The molecule has 0 saturated carbocycles. The summed E-state index contributed by atoms with van der Waals surface area (Å²) in [7, 11) is 1.82. The molecule has 0 saturated heterocycles. The van der Waals surface area contributed by atoms with Crippen LogP contribution in [0.1, 0.15) is 26.3 Å². The van der Waals surface area contributed by atoms with Crippen molar-refractivity contribution in [3.8, 4) is 5.75 Å². The number of aryl methyl sites for hydroxylation is 1. The zero-order valence-corrected chi connectivity index (χ0v) is 13.1. The minimum absolute atomic E-state index is 0.0992. The van der Waals surface area contributed by atoms with Crippen LogP contribution in [0.5, 0.6) is 5.75 Å². The van der Waals surface area contributed by atoms with Crippen LogP contribution in [0.15, 0.2) is 24.3 Å². The molecule has 0 bridgehead atoms. The number of carbonyl (C=O) groups is 1. The average Bonchev–Trinajstić information content (AvgIpc) is 2.43. The highest BCUT2D eigenvalue weighted by atomic mass is 16.5. The minimum Gasteiger partial charge on any atom is -0.492 e. The van der Waals surface area contributed by atoms with Crippen LogP contribution in [0.25, 0.3) is 0 Å². The van der Waals surface area contributed by atoms with Crippen molar-refractivity contribution in [3.05, 3.63) is 29.8 Å². The maximum absolute atomic E-state index is 11.8. The largest absolute Gasteiger partial charge is 0.492 e. The molecule has 20 heavy (non-hydrogen) atoms. The van der Waals surface area contributed by atoms with E-state index < -0.39 is 0 Å². The Morgan fingerprint density at radius 3 is 2.40 bits per heavy atom. The molecule has 0 fully saturated rings. The molecule has 0 aromatic heterocycles. The third-order valence-electron chi connectivity index (χ3n) is 3.29. The molecular weight excluding hydrogens is 252 g/mol. The number of carbonyl (C=O) groups excluding carboxylic acids is 1. The van der Waals surface area contributed by atoms with E-state index in [1.807, 2.05) is 59.0 Å². The second-order valence-electron chi connectivity index (χ2n) is 5.50. The van der Waals surface area contributed by atoms with E-state index >= 15 is 0 Å². The van der Waals surface area contributed by atoms with Gasteiger partial charge in [-0.2, -0.15) is 0 Å². The van der Waals surface area contributed by atoms with Gasteiger partial charge in [-0.3, -0.25) is 4.79 Å². The topological polar surface area (TPSA) is 41.6 Å². The lowest BCUT2D eigenvalue weighted by molar-refractivity contribution is -0.130. The highest BCUT2D eigenvalue weighted by Gasteiger charge is 2.12. The van der Waals surface area contributed by atoms with E-state index in [4.69, 9.17) is 4.74 Å². The van der Waals surface area contributed by atoms with Gasteiger partial charge in [0.2, 0.25) is 5.91 Å². The minimum atomic E-state index is 0.0992. The third kappa shape index (κ3) is 5.61. The van der Waals surface area contributed by atoms with Crippen molar-refractivity contribution < 1.29 is 9.53 Å². The van der Waals surface area contributed by atoms with E-state index in [2.05, 4.69) is 5.32 Å². The number of hydrogen-bond donors (Lipinski definition) is 1. The molecule has 0 spiro atoms. The lowest BCUT2D eigenvalue weighted by Gasteiger charge is -2.23. The van der Waals surface area contributed by atoms with Crippen molar-refractivity contribution in [3.63, 3.8) is 0 Å². The molecule has 4 nitrogen and oxygen atoms in total. The van der Waals surface area contributed by atoms with Gasteiger partial charge in [-0.1, -0.05) is 17.7 Å². The zero-order chi connectivity index (χ0) is 15.1. The highest BCUT2D eigenvalue weighted by molar-refractivity contribution is 5.78. The molecular formula is C16H26N2O2. The first-order valence-corrected chi connectivity index (χ1v) is 7.08. The van der Waals surface area contributed by atoms with Gasteiger partial charge in [0.25, 0.3) is 0 Å². The summed E-state index contributed by atoms with van der Waals surface area (Å²) in [6.07, 6.45) is 0. The molecule has 112 valence electrons. The van der Waals surface area contributed by atoms with Crippen molar-refractivity contribution in [2.75, 3.05) is 20.2 Å². The van der Waals surface area contributed by atoms with Crippen LogP contribution in [-0.2, 0) is 4.79 Å². The lowest BCUT2D eigenvalue weighted by atomic mass is 10.2. The number of ether oxygens (including phenoxy) is 1. The molecule has 1 aromatic carbocycles. The fraction of sp³-hybridized carbons (Fsp3) is 0.562. The molecule has 0 aliphatic carbocycles. The smallest absolute Gasteiger partial charge is 0.236 e. The van der Waals surface area contributed by atoms with Crippen molar-refractivity contribution in [1.82, 2.24) is 10.2 Å². The monoisotopic (exact) mass is 278 g/mol. The number of likely N-dealkylation sites (N-methyl/N-ethyl adjacent to an activating group) is 1. The van der Waals surface area contributed by atoms with Gasteiger partial charge < -0.3 is 15.0 Å². The normalized spacial score (nSPS) is 12.3. The van der Waals surface area contributed by atoms with Gasteiger partial charge in [-0.05, 0) is 39.8 Å². The summed E-state index contributed by atoms with van der Waals surface area (Å²) in [6.45, 7) is 8.94. The van der Waals surface area contributed by atoms with Crippen molar-refractivity contribution >= 4 is 5.91 Å². The van der Waals surface area contributed by atoms with Crippen molar-refractivity contribution in [2.45, 2.75) is 39.8 Å². The molecule has 0 aliphatic rings. The molecule has 1 rings (SSSR count). The van der Waals surface area contributed by atoms with Gasteiger partial charge in [0, 0.05) is 19.1 Å². The van der Waals surface area contributed by atoms with E-state index in [0.29, 0.717) is 13.2 Å². The summed E-state index contributed by atoms with van der Waals surface area (Å²) >= 11 is 0. The predicted octanol–water partition coefficient (Wildman–Crippen LogP) is 2.22. The van der Waals surface area contributed by atoms with Crippen LogP contribution in [0.4, 0.5) is 0 Å². The Hall–Kier alpha value is -1.55. The average molecular weight is 278 g/mol. The molecule has 4 heteroatoms. The zero-order valence-electron chi connectivity index (χ0n) is 13.1. The van der Waals surface area contributed by atoms with Crippen molar-refractivity contribution in [1.29, 1.82) is 0 Å². The quantitative estimate of drug-likeness (QED) is 0.831. The highest BCUT2D eigenvalue weighted by Crippen LogP contribution is 2.11. The maximum Gasteiger partial charge on any atom is 0.236 e. The molecule has 0 heterocycles. The second-order valence-corrected chi connectivity index (χ2v) is 5.50. The van der Waals surface area contributed by atoms with Gasteiger partial charge in [0.1, 0.15) is 12.4 Å². The van der Waals surface area contributed by atoms with Gasteiger partial charge in [-0.25, -0.2) is 0 Å². The molecule has 1 N–H and O–H groups in total. The van der Waals surface area contributed by atoms with Gasteiger partial charge in [0.05, 0.1) is 6.54 Å². The van der Waals surface area contributed by atoms with Crippen LogP contribution in [0.2, 0.25) is 0 Å². The molecule has 1 atom stereocenters. The third-order valence-corrected chi connectivity index (χ3v) is 3.29. The van der Waals surface area contributed by atoms with E-state index in [1.165, 1.54) is 5.56 Å². The standard InChI is InChI=1S/C16H26N2O2/c1-12(2)18(5)16(19)10-17-14(4)11-20-15-8-6-13(3)7-9-15/h6-9,12,14,17H,10-11H2,1-5H3. The fourth-order valence-corrected chi connectivity index (χ4v) is 1.59. The number of rotatable bonds is 7. The van der Waals surface area contributed by atoms with Crippen LogP contribution in [-0.4, -0.2) is 43.1 Å². The molecule has 1 aromatic rings. The number of benzene rings is 1. The summed E-state index contributed by atoms with van der Waals surface area (Å²) in [6, 6.07) is 8.31. The number of nitrogens with zero attached hydrogens (tertiary/aromatic N) is 1. The van der Waals surface area contributed by atoms with E-state index in [1.54, 1.807) is 4.90 Å². The Bertz CT molecular complexity index is 415. The fourth-order valence-electron chi connectivity index (χ4n) is 1.59. The maximum atomic E-state index is 11.8. The Morgan fingerprint density at radius 2 is 1.85 bits per heavy atom. The molecule has 1 amide bonds. The Kier molecular flexibility index (Phi) is 6.52. The SMILES string of the molecule is Cc1ccc(OCC(C)NCC(=O)N(C)C(C)C)cc1. The van der Waals surface area contributed by atoms with Gasteiger partial charge in [-0.15, -0.1) is 0 Å². The van der Waals surface area contributed by atoms with E-state index in [9.17, 15) is 4.79 Å². The second kappa shape index (κ2) is 7.90. The first kappa shape index (κ1) is 16.5. The van der Waals surface area contributed by atoms with Crippen LogP contribution in [0.3, 0.4) is 0 Å². The van der Waals surface area contributed by atoms with Crippen LogP contribution < -0.4 is 10.1 Å². The number of nitrogens with one attached hydrogen (secondary N) is 1. The molecule has 0 radical (unpaired) electrons. The van der Waals surface area contributed by atoms with Gasteiger partial charge >= 0.3 is 0 Å². The Labute approximate surface area is 122 Å². The van der Waals surface area contributed by atoms with E-state index in [-0.39, 0.29) is 18.0 Å². The summed E-state index contributed by atoms with van der Waals surface area (Å²) in [4.78, 5) is 13.6. The summed E-state index contributed by atoms with van der Waals surface area (Å²) in [5.41, 5.74) is 1.21. The van der Waals surface area contributed by atoms with E-state index in [0.717, 1.165) is 5.75 Å². The first-order chi connectivity index (χ1) is 9.40. The first-order valence-electron chi connectivity index (χ1n) is 7.08. The van der Waals surface area contributed by atoms with Crippen molar-refractivity contribution in [2.24, 2.45) is 0 Å². The lowest BCUT2D eigenvalue weighted by Crippen LogP contribution is -2.43. The Morgan fingerprint density at radius 1 is 1.25 bits per heavy atom. The summed E-state index contributed by atoms with van der Waals surface area (Å²) in [5.74, 6) is 0.956. The predicted molar refractivity (Wildman–Crippen MR) is 82.0 cm³/mol. The number of hydrogen-bond acceptors (Lipinski definition) is 3. The summed E-state index contributed by atoms with van der Waals surface area (Å²) < 4.78 is 5.68. The summed E-state index contributed by atoms with van der Waals surface area (Å²) in [5, 5.41) is 3.18.